The lowest BCUT2D eigenvalue weighted by molar-refractivity contribution is 0.0986. The summed E-state index contributed by atoms with van der Waals surface area (Å²) < 4.78 is 18.8. The zero-order valence-electron chi connectivity index (χ0n) is 10.3. The van der Waals surface area contributed by atoms with Crippen LogP contribution in [0.5, 0.6) is 5.75 Å². The third kappa shape index (κ3) is 3.12. The van der Waals surface area contributed by atoms with Gasteiger partial charge in [-0.15, -0.1) is 0 Å². The van der Waals surface area contributed by atoms with Gasteiger partial charge in [0.05, 0.1) is 12.7 Å². The third-order valence-corrected chi connectivity index (χ3v) is 2.96. The maximum Gasteiger partial charge on any atom is 0.173 e. The zero-order valence-corrected chi connectivity index (χ0v) is 11.1. The molecular formula is C15H12ClFO2. The molecule has 2 rings (SSSR count). The molecule has 0 bridgehead atoms. The third-order valence-electron chi connectivity index (χ3n) is 2.73. The summed E-state index contributed by atoms with van der Waals surface area (Å²) in [5, 5.41) is 0.547. The summed E-state index contributed by atoms with van der Waals surface area (Å²) in [6.07, 6.45) is 0.0812. The number of halogens is 2. The molecule has 0 atom stereocenters. The molecular weight excluding hydrogens is 267 g/mol. The SMILES string of the molecule is COc1cccc(F)c1C(=O)Cc1cccc(Cl)c1. The second-order valence-electron chi connectivity index (χ2n) is 4.05. The van der Waals surface area contributed by atoms with Crippen LogP contribution < -0.4 is 4.74 Å². The van der Waals surface area contributed by atoms with Crippen molar-refractivity contribution in [2.45, 2.75) is 6.42 Å². The van der Waals surface area contributed by atoms with Crippen LogP contribution in [0, 0.1) is 5.82 Å². The Morgan fingerprint density at radius 1 is 1.26 bits per heavy atom. The molecule has 0 amide bonds. The molecule has 2 aromatic carbocycles. The predicted octanol–water partition coefficient (Wildman–Crippen LogP) is 3.91. The molecule has 0 aromatic heterocycles. The average molecular weight is 279 g/mol. The normalized spacial score (nSPS) is 10.3. The number of hydrogen-bond acceptors (Lipinski definition) is 2. The summed E-state index contributed by atoms with van der Waals surface area (Å²) in [6, 6.07) is 11.2. The first-order valence-corrected chi connectivity index (χ1v) is 6.09. The predicted molar refractivity (Wildman–Crippen MR) is 72.4 cm³/mol. The number of carbonyl (C=O) groups excluding carboxylic acids is 1. The summed E-state index contributed by atoms with van der Waals surface area (Å²) in [5.41, 5.74) is 0.716. The number of methoxy groups -OCH3 is 1. The second kappa shape index (κ2) is 5.85. The molecule has 4 heteroatoms. The van der Waals surface area contributed by atoms with Gasteiger partial charge in [0.2, 0.25) is 0 Å². The first-order valence-electron chi connectivity index (χ1n) is 5.72. The van der Waals surface area contributed by atoms with Gasteiger partial charge in [-0.1, -0.05) is 29.8 Å². The highest BCUT2D eigenvalue weighted by Gasteiger charge is 2.17. The van der Waals surface area contributed by atoms with E-state index >= 15 is 0 Å². The number of hydrogen-bond donors (Lipinski definition) is 0. The zero-order chi connectivity index (χ0) is 13.8. The fourth-order valence-electron chi connectivity index (χ4n) is 1.87. The van der Waals surface area contributed by atoms with Crippen LogP contribution in [0.1, 0.15) is 15.9 Å². The molecule has 2 aromatic rings. The number of Topliss-reactive ketones (excluding diaryl/α,β-unsaturated/α-hetero) is 1. The Hall–Kier alpha value is -1.87. The lowest BCUT2D eigenvalue weighted by atomic mass is 10.0. The van der Waals surface area contributed by atoms with Crippen molar-refractivity contribution in [3.8, 4) is 5.75 Å². The number of benzene rings is 2. The van der Waals surface area contributed by atoms with Gasteiger partial charge in [0.1, 0.15) is 11.6 Å². The minimum Gasteiger partial charge on any atom is -0.496 e. The van der Waals surface area contributed by atoms with Crippen LogP contribution in [0.4, 0.5) is 4.39 Å². The van der Waals surface area contributed by atoms with Crippen LogP contribution in [0.3, 0.4) is 0 Å². The van der Waals surface area contributed by atoms with Gasteiger partial charge >= 0.3 is 0 Å². The van der Waals surface area contributed by atoms with Crippen molar-refractivity contribution in [2.75, 3.05) is 7.11 Å². The highest BCUT2D eigenvalue weighted by Crippen LogP contribution is 2.23. The molecule has 0 spiro atoms. The molecule has 0 aliphatic rings. The van der Waals surface area contributed by atoms with Crippen molar-refractivity contribution < 1.29 is 13.9 Å². The van der Waals surface area contributed by atoms with Crippen LogP contribution in [0.15, 0.2) is 42.5 Å². The van der Waals surface area contributed by atoms with Crippen molar-refractivity contribution in [1.82, 2.24) is 0 Å². The van der Waals surface area contributed by atoms with Gasteiger partial charge in [-0.05, 0) is 29.8 Å². The van der Waals surface area contributed by atoms with E-state index < -0.39 is 5.82 Å². The Morgan fingerprint density at radius 3 is 2.68 bits per heavy atom. The molecule has 0 heterocycles. The van der Waals surface area contributed by atoms with Crippen LogP contribution in [0.2, 0.25) is 5.02 Å². The summed E-state index contributed by atoms with van der Waals surface area (Å²) in [4.78, 5) is 12.2. The molecule has 0 saturated heterocycles. The number of rotatable bonds is 4. The highest BCUT2D eigenvalue weighted by molar-refractivity contribution is 6.30. The van der Waals surface area contributed by atoms with E-state index in [-0.39, 0.29) is 23.5 Å². The molecule has 98 valence electrons. The van der Waals surface area contributed by atoms with Crippen LogP contribution >= 0.6 is 11.6 Å². The van der Waals surface area contributed by atoms with E-state index in [1.165, 1.54) is 19.2 Å². The van der Waals surface area contributed by atoms with Crippen molar-refractivity contribution in [1.29, 1.82) is 0 Å². The standard InChI is InChI=1S/C15H12ClFO2/c1-19-14-7-3-6-12(17)15(14)13(18)9-10-4-2-5-11(16)8-10/h2-8H,9H2,1H3. The molecule has 0 aliphatic carbocycles. The van der Waals surface area contributed by atoms with Gasteiger partial charge in [-0.25, -0.2) is 4.39 Å². The number of ketones is 1. The molecule has 0 N–H and O–H groups in total. The lowest BCUT2D eigenvalue weighted by Crippen LogP contribution is -2.08. The summed E-state index contributed by atoms with van der Waals surface area (Å²) in [5.74, 6) is -0.671. The molecule has 0 unspecified atom stereocenters. The van der Waals surface area contributed by atoms with Crippen LogP contribution in [-0.4, -0.2) is 12.9 Å². The Morgan fingerprint density at radius 2 is 2.00 bits per heavy atom. The highest BCUT2D eigenvalue weighted by atomic mass is 35.5. The number of ether oxygens (including phenoxy) is 1. The molecule has 0 radical (unpaired) electrons. The van der Waals surface area contributed by atoms with Gasteiger partial charge in [0, 0.05) is 11.4 Å². The van der Waals surface area contributed by atoms with Crippen molar-refractivity contribution in [3.05, 3.63) is 64.4 Å². The monoisotopic (exact) mass is 278 g/mol. The van der Waals surface area contributed by atoms with Gasteiger partial charge in [0.25, 0.3) is 0 Å². The van der Waals surface area contributed by atoms with Gasteiger partial charge in [-0.2, -0.15) is 0 Å². The van der Waals surface area contributed by atoms with Gasteiger partial charge in [0.15, 0.2) is 5.78 Å². The van der Waals surface area contributed by atoms with Crippen molar-refractivity contribution in [2.24, 2.45) is 0 Å². The summed E-state index contributed by atoms with van der Waals surface area (Å²) >= 11 is 5.85. The van der Waals surface area contributed by atoms with E-state index in [9.17, 15) is 9.18 Å². The van der Waals surface area contributed by atoms with Gasteiger partial charge in [-0.3, -0.25) is 4.79 Å². The largest absolute Gasteiger partial charge is 0.496 e. The first kappa shape index (κ1) is 13.6. The topological polar surface area (TPSA) is 26.3 Å². The molecule has 0 saturated carbocycles. The minimum absolute atomic E-state index is 0.0232. The maximum atomic E-state index is 13.7. The Bertz CT molecular complexity index is 611. The van der Waals surface area contributed by atoms with Crippen molar-refractivity contribution in [3.63, 3.8) is 0 Å². The molecule has 2 nitrogen and oxygen atoms in total. The Labute approximate surface area is 115 Å². The second-order valence-corrected chi connectivity index (χ2v) is 4.48. The van der Waals surface area contributed by atoms with Crippen molar-refractivity contribution >= 4 is 17.4 Å². The minimum atomic E-state index is -0.577. The Balaban J connectivity index is 2.30. The molecule has 19 heavy (non-hydrogen) atoms. The average Bonchev–Trinajstić information content (AvgIpc) is 2.38. The molecule has 0 aliphatic heterocycles. The molecule has 0 fully saturated rings. The van der Waals surface area contributed by atoms with E-state index in [1.807, 2.05) is 0 Å². The summed E-state index contributed by atoms with van der Waals surface area (Å²) in [6.45, 7) is 0. The van der Waals surface area contributed by atoms with E-state index in [4.69, 9.17) is 16.3 Å². The fraction of sp³-hybridized carbons (Fsp3) is 0.133. The maximum absolute atomic E-state index is 13.7. The lowest BCUT2D eigenvalue weighted by Gasteiger charge is -2.08. The summed E-state index contributed by atoms with van der Waals surface area (Å²) in [7, 11) is 1.41. The van der Waals surface area contributed by atoms with Gasteiger partial charge < -0.3 is 4.74 Å². The number of carbonyl (C=O) groups is 1. The fourth-order valence-corrected chi connectivity index (χ4v) is 2.08. The van der Waals surface area contributed by atoms with Crippen LogP contribution in [-0.2, 0) is 6.42 Å². The van der Waals surface area contributed by atoms with Crippen LogP contribution in [0.25, 0.3) is 0 Å². The van der Waals surface area contributed by atoms with E-state index in [2.05, 4.69) is 0 Å². The smallest absolute Gasteiger partial charge is 0.173 e. The van der Waals surface area contributed by atoms with E-state index in [0.717, 1.165) is 5.56 Å². The first-order chi connectivity index (χ1) is 9.11. The van der Waals surface area contributed by atoms with E-state index in [0.29, 0.717) is 5.02 Å². The Kier molecular flexibility index (Phi) is 4.17. The van der Waals surface area contributed by atoms with E-state index in [1.54, 1.807) is 30.3 Å². The quantitative estimate of drug-likeness (QED) is 0.793.